The van der Waals surface area contributed by atoms with Gasteiger partial charge in [0.15, 0.2) is 0 Å². The van der Waals surface area contributed by atoms with Crippen LogP contribution in [-0.2, 0) is 9.53 Å². The van der Waals surface area contributed by atoms with Crippen LogP contribution >= 0.6 is 0 Å². The molecule has 0 saturated carbocycles. The Morgan fingerprint density at radius 1 is 1.13 bits per heavy atom. The van der Waals surface area contributed by atoms with E-state index in [2.05, 4.69) is 28.9 Å². The van der Waals surface area contributed by atoms with Crippen LogP contribution in [0.3, 0.4) is 0 Å². The zero-order valence-corrected chi connectivity index (χ0v) is 14.5. The van der Waals surface area contributed by atoms with Gasteiger partial charge in [-0.2, -0.15) is 0 Å². The summed E-state index contributed by atoms with van der Waals surface area (Å²) in [4.78, 5) is 19.5. The maximum absolute atomic E-state index is 12.6. The summed E-state index contributed by atoms with van der Waals surface area (Å²) in [6, 6.07) is 0.00728. The quantitative estimate of drug-likeness (QED) is 0.729. The molecule has 2 atom stereocenters. The van der Waals surface area contributed by atoms with E-state index in [4.69, 9.17) is 4.74 Å². The third-order valence-electron chi connectivity index (χ3n) is 5.53. The summed E-state index contributed by atoms with van der Waals surface area (Å²) in [5.41, 5.74) is 0. The number of carbonyl (C=O) groups is 1. The van der Waals surface area contributed by atoms with Crippen LogP contribution in [0.2, 0.25) is 0 Å². The minimum absolute atomic E-state index is 0.00728. The van der Waals surface area contributed by atoms with E-state index in [1.807, 2.05) is 4.90 Å². The molecule has 0 aromatic heterocycles. The van der Waals surface area contributed by atoms with Crippen molar-refractivity contribution in [2.75, 3.05) is 59.0 Å². The Bertz CT molecular complexity index is 412. The highest BCUT2D eigenvalue weighted by Gasteiger charge is 2.29. The van der Waals surface area contributed by atoms with Crippen molar-refractivity contribution < 1.29 is 9.53 Å². The second-order valence-corrected chi connectivity index (χ2v) is 7.10. The van der Waals surface area contributed by atoms with Gasteiger partial charge in [0.05, 0.1) is 19.3 Å². The summed E-state index contributed by atoms with van der Waals surface area (Å²) in [6.45, 7) is 10.4. The molecule has 1 amide bonds. The highest BCUT2D eigenvalue weighted by Crippen LogP contribution is 2.20. The molecule has 2 saturated heterocycles. The molecule has 3 rings (SSSR count). The number of ether oxygens (including phenoxy) is 1. The predicted molar refractivity (Wildman–Crippen MR) is 91.4 cm³/mol. The first kappa shape index (κ1) is 16.9. The Kier molecular flexibility index (Phi) is 6.08. The number of allylic oxidation sites excluding steroid dienone is 2. The zero-order valence-electron chi connectivity index (χ0n) is 14.5. The van der Waals surface area contributed by atoms with Crippen LogP contribution in [0, 0.1) is 5.92 Å². The van der Waals surface area contributed by atoms with Crippen LogP contribution in [0.25, 0.3) is 0 Å². The molecule has 0 radical (unpaired) electrons. The van der Waals surface area contributed by atoms with Gasteiger partial charge in [0, 0.05) is 45.8 Å². The second kappa shape index (κ2) is 8.27. The van der Waals surface area contributed by atoms with Crippen LogP contribution in [0.15, 0.2) is 12.2 Å². The fraction of sp³-hybridized carbons (Fsp3) is 0.833. The number of nitrogens with zero attached hydrogens (tertiary/aromatic N) is 3. The Morgan fingerprint density at radius 3 is 2.52 bits per heavy atom. The number of rotatable bonds is 4. The smallest absolute Gasteiger partial charge is 0.239 e. The van der Waals surface area contributed by atoms with Crippen molar-refractivity contribution in [2.45, 2.75) is 32.2 Å². The van der Waals surface area contributed by atoms with Gasteiger partial charge in [-0.25, -0.2) is 0 Å². The van der Waals surface area contributed by atoms with Crippen molar-refractivity contribution in [2.24, 2.45) is 5.92 Å². The van der Waals surface area contributed by atoms with Crippen LogP contribution in [0.4, 0.5) is 0 Å². The first-order valence-corrected chi connectivity index (χ1v) is 9.22. The van der Waals surface area contributed by atoms with E-state index in [0.29, 0.717) is 13.2 Å². The lowest BCUT2D eigenvalue weighted by molar-refractivity contribution is -0.141. The van der Waals surface area contributed by atoms with Gasteiger partial charge in [0.1, 0.15) is 0 Å². The summed E-state index contributed by atoms with van der Waals surface area (Å²) in [6.07, 6.45) is 8.48. The van der Waals surface area contributed by atoms with Crippen molar-refractivity contribution in [1.82, 2.24) is 14.7 Å². The lowest BCUT2D eigenvalue weighted by atomic mass is 9.94. The predicted octanol–water partition coefficient (Wildman–Crippen LogP) is 1.21. The summed E-state index contributed by atoms with van der Waals surface area (Å²) in [5.74, 6) is 1.11. The van der Waals surface area contributed by atoms with Crippen molar-refractivity contribution in [1.29, 1.82) is 0 Å². The summed E-state index contributed by atoms with van der Waals surface area (Å²) in [7, 11) is 0. The monoisotopic (exact) mass is 321 g/mol. The van der Waals surface area contributed by atoms with E-state index in [1.165, 1.54) is 25.8 Å². The average molecular weight is 321 g/mol. The van der Waals surface area contributed by atoms with E-state index in [0.717, 1.165) is 45.2 Å². The molecule has 2 heterocycles. The number of hydrogen-bond donors (Lipinski definition) is 0. The third-order valence-corrected chi connectivity index (χ3v) is 5.53. The lowest BCUT2D eigenvalue weighted by Gasteiger charge is -2.40. The van der Waals surface area contributed by atoms with Crippen LogP contribution < -0.4 is 0 Å². The molecule has 2 fully saturated rings. The largest absolute Gasteiger partial charge is 0.378 e. The first-order valence-electron chi connectivity index (χ1n) is 9.22. The molecule has 23 heavy (non-hydrogen) atoms. The summed E-state index contributed by atoms with van der Waals surface area (Å²) >= 11 is 0. The number of morpholine rings is 1. The van der Waals surface area contributed by atoms with E-state index >= 15 is 0 Å². The summed E-state index contributed by atoms with van der Waals surface area (Å²) < 4.78 is 5.34. The van der Waals surface area contributed by atoms with E-state index in [-0.39, 0.29) is 11.9 Å². The van der Waals surface area contributed by atoms with Gasteiger partial charge in [-0.1, -0.05) is 12.2 Å². The van der Waals surface area contributed by atoms with Crippen molar-refractivity contribution in [3.63, 3.8) is 0 Å². The molecule has 1 aliphatic carbocycles. The molecule has 5 nitrogen and oxygen atoms in total. The van der Waals surface area contributed by atoms with Crippen LogP contribution in [-0.4, -0.2) is 85.7 Å². The molecule has 0 N–H and O–H groups in total. The molecular formula is C18H31N3O2. The molecule has 130 valence electrons. The Morgan fingerprint density at radius 2 is 1.87 bits per heavy atom. The standard InChI is InChI=1S/C18H31N3O2/c1-16(18(22)21-11-13-23-14-12-21)20-9-7-19(8-10-20)15-17-5-3-2-4-6-17/h2-3,16-17H,4-15H2,1H3/t16-,17+/m1/s1. The van der Waals surface area contributed by atoms with Crippen LogP contribution in [0.1, 0.15) is 26.2 Å². The Labute approximate surface area is 140 Å². The number of amides is 1. The second-order valence-electron chi connectivity index (χ2n) is 7.10. The highest BCUT2D eigenvalue weighted by molar-refractivity contribution is 5.81. The minimum atomic E-state index is 0.00728. The lowest BCUT2D eigenvalue weighted by Crippen LogP contribution is -2.56. The molecule has 0 aromatic carbocycles. The van der Waals surface area contributed by atoms with Gasteiger partial charge in [-0.3, -0.25) is 9.69 Å². The van der Waals surface area contributed by atoms with Gasteiger partial charge in [0.25, 0.3) is 0 Å². The van der Waals surface area contributed by atoms with E-state index < -0.39 is 0 Å². The SMILES string of the molecule is C[C@H](C(=O)N1CCOCC1)N1CCN(C[C@H]2CC=CCC2)CC1. The van der Waals surface area contributed by atoms with Gasteiger partial charge >= 0.3 is 0 Å². The van der Waals surface area contributed by atoms with Gasteiger partial charge in [-0.05, 0) is 32.1 Å². The maximum Gasteiger partial charge on any atom is 0.239 e. The van der Waals surface area contributed by atoms with Gasteiger partial charge < -0.3 is 14.5 Å². The molecule has 2 aliphatic heterocycles. The molecule has 0 unspecified atom stereocenters. The number of carbonyl (C=O) groups excluding carboxylic acids is 1. The fourth-order valence-electron chi connectivity index (χ4n) is 3.92. The van der Waals surface area contributed by atoms with Crippen molar-refractivity contribution >= 4 is 5.91 Å². The average Bonchev–Trinajstić information content (AvgIpc) is 2.63. The molecule has 5 heteroatoms. The van der Waals surface area contributed by atoms with Crippen molar-refractivity contribution in [3.8, 4) is 0 Å². The van der Waals surface area contributed by atoms with E-state index in [1.54, 1.807) is 0 Å². The molecule has 3 aliphatic rings. The Hall–Kier alpha value is -0.910. The molecule has 0 aromatic rings. The van der Waals surface area contributed by atoms with Crippen molar-refractivity contribution in [3.05, 3.63) is 12.2 Å². The van der Waals surface area contributed by atoms with E-state index in [9.17, 15) is 4.79 Å². The van der Waals surface area contributed by atoms with Crippen LogP contribution in [0.5, 0.6) is 0 Å². The number of hydrogen-bond acceptors (Lipinski definition) is 4. The summed E-state index contributed by atoms with van der Waals surface area (Å²) in [5, 5.41) is 0. The third kappa shape index (κ3) is 4.55. The molecule has 0 bridgehead atoms. The topological polar surface area (TPSA) is 36.0 Å². The normalized spacial score (nSPS) is 28.7. The first-order chi connectivity index (χ1) is 11.2. The minimum Gasteiger partial charge on any atom is -0.378 e. The van der Waals surface area contributed by atoms with Gasteiger partial charge in [-0.15, -0.1) is 0 Å². The number of piperazine rings is 1. The highest BCUT2D eigenvalue weighted by atomic mass is 16.5. The Balaban J connectivity index is 1.42. The fourth-order valence-corrected chi connectivity index (χ4v) is 3.92. The molecule has 0 spiro atoms. The maximum atomic E-state index is 12.6. The molecular weight excluding hydrogens is 290 g/mol. The van der Waals surface area contributed by atoms with Gasteiger partial charge in [0.2, 0.25) is 5.91 Å². The zero-order chi connectivity index (χ0) is 16.1.